The van der Waals surface area contributed by atoms with Crippen molar-refractivity contribution in [2.45, 2.75) is 32.4 Å². The van der Waals surface area contributed by atoms with Crippen molar-refractivity contribution >= 4 is 28.3 Å². The number of ether oxygens (including phenoxy) is 2. The van der Waals surface area contributed by atoms with Crippen LogP contribution in [0.3, 0.4) is 0 Å². The average molecular weight is 463 g/mol. The van der Waals surface area contributed by atoms with E-state index < -0.39 is 0 Å². The van der Waals surface area contributed by atoms with Crippen molar-refractivity contribution in [2.24, 2.45) is 0 Å². The van der Waals surface area contributed by atoms with Gasteiger partial charge in [-0.1, -0.05) is 6.07 Å². The number of aryl methyl sites for hydroxylation is 1. The maximum absolute atomic E-state index is 14.0. The van der Waals surface area contributed by atoms with Gasteiger partial charge >= 0.3 is 0 Å². The summed E-state index contributed by atoms with van der Waals surface area (Å²) in [5.74, 6) is 1.46. The number of thiophene rings is 1. The molecule has 1 atom stereocenters. The molecule has 3 aromatic heterocycles. The van der Waals surface area contributed by atoms with Crippen molar-refractivity contribution in [3.05, 3.63) is 59.1 Å². The van der Waals surface area contributed by atoms with E-state index in [1.54, 1.807) is 31.8 Å². The predicted octanol–water partition coefficient (Wildman–Crippen LogP) is 5.17. The largest absolute Gasteiger partial charge is 0.497 e. The maximum atomic E-state index is 14.0. The minimum absolute atomic E-state index is 0.00349. The van der Waals surface area contributed by atoms with Crippen molar-refractivity contribution in [1.82, 2.24) is 19.7 Å². The minimum Gasteiger partial charge on any atom is -0.497 e. The standard InChI is InChI=1S/C25H26N4O3S/c1-4-29-24-19(15-26-29)18(14-20(27-24)23-8-6-12-33-23)25(30)28-11-5-7-21(28)17-10-9-16(31-2)13-22(17)32-3/h6,8-10,12-15,21H,4-5,7,11H2,1-3H3. The Morgan fingerprint density at radius 2 is 2.09 bits per heavy atom. The molecular formula is C25H26N4O3S. The number of aromatic nitrogens is 3. The quantitative estimate of drug-likeness (QED) is 0.395. The lowest BCUT2D eigenvalue weighted by molar-refractivity contribution is 0.0736. The summed E-state index contributed by atoms with van der Waals surface area (Å²) in [7, 11) is 3.29. The predicted molar refractivity (Wildman–Crippen MR) is 129 cm³/mol. The molecule has 5 rings (SSSR count). The highest BCUT2D eigenvalue weighted by Crippen LogP contribution is 2.40. The molecule has 33 heavy (non-hydrogen) atoms. The number of carbonyl (C=O) groups excluding carboxylic acids is 1. The van der Waals surface area contributed by atoms with Crippen LogP contribution in [0.1, 0.15) is 41.7 Å². The molecule has 170 valence electrons. The van der Waals surface area contributed by atoms with Crippen LogP contribution in [0.15, 0.2) is 48.0 Å². The van der Waals surface area contributed by atoms with Gasteiger partial charge in [-0.3, -0.25) is 4.79 Å². The number of hydrogen-bond acceptors (Lipinski definition) is 6. The first-order chi connectivity index (χ1) is 16.1. The van der Waals surface area contributed by atoms with Crippen LogP contribution in [-0.2, 0) is 6.54 Å². The number of nitrogens with zero attached hydrogens (tertiary/aromatic N) is 4. The number of methoxy groups -OCH3 is 2. The maximum Gasteiger partial charge on any atom is 0.255 e. The molecule has 1 aliphatic heterocycles. The lowest BCUT2D eigenvalue weighted by Crippen LogP contribution is -2.31. The van der Waals surface area contributed by atoms with E-state index in [1.807, 2.05) is 58.3 Å². The third kappa shape index (κ3) is 3.74. The van der Waals surface area contributed by atoms with Crippen molar-refractivity contribution in [1.29, 1.82) is 0 Å². The van der Waals surface area contributed by atoms with Gasteiger partial charge in [-0.2, -0.15) is 5.10 Å². The Morgan fingerprint density at radius 3 is 2.82 bits per heavy atom. The first-order valence-corrected chi connectivity index (χ1v) is 12.0. The first-order valence-electron chi connectivity index (χ1n) is 11.1. The summed E-state index contributed by atoms with van der Waals surface area (Å²) in [5.41, 5.74) is 3.18. The van der Waals surface area contributed by atoms with Crippen LogP contribution >= 0.6 is 11.3 Å². The van der Waals surface area contributed by atoms with E-state index in [-0.39, 0.29) is 11.9 Å². The fourth-order valence-electron chi connectivity index (χ4n) is 4.59. The Balaban J connectivity index is 1.59. The van der Waals surface area contributed by atoms with Gasteiger partial charge in [0.25, 0.3) is 5.91 Å². The molecule has 4 aromatic rings. The Kier molecular flexibility index (Phi) is 5.76. The molecule has 1 unspecified atom stereocenters. The third-order valence-electron chi connectivity index (χ3n) is 6.23. The van der Waals surface area contributed by atoms with Crippen LogP contribution in [0.4, 0.5) is 0 Å². The zero-order chi connectivity index (χ0) is 22.9. The second kappa shape index (κ2) is 8.86. The van der Waals surface area contributed by atoms with Crippen LogP contribution in [0.5, 0.6) is 11.5 Å². The summed E-state index contributed by atoms with van der Waals surface area (Å²) in [6, 6.07) is 11.7. The summed E-state index contributed by atoms with van der Waals surface area (Å²) in [6.07, 6.45) is 3.58. The summed E-state index contributed by atoms with van der Waals surface area (Å²) in [4.78, 5) is 21.8. The van der Waals surface area contributed by atoms with E-state index in [2.05, 4.69) is 5.10 Å². The van der Waals surface area contributed by atoms with Gasteiger partial charge in [0.15, 0.2) is 5.65 Å². The molecule has 1 fully saturated rings. The van der Waals surface area contributed by atoms with E-state index in [1.165, 1.54) is 0 Å². The highest BCUT2D eigenvalue weighted by atomic mass is 32.1. The SMILES string of the molecule is CCn1ncc2c(C(=O)N3CCCC3c3ccc(OC)cc3OC)cc(-c3cccs3)nc21. The molecule has 0 aliphatic carbocycles. The number of amides is 1. The Hall–Kier alpha value is -3.39. The molecule has 1 saturated heterocycles. The van der Waals surface area contributed by atoms with E-state index in [0.717, 1.165) is 51.5 Å². The molecule has 1 amide bonds. The number of pyridine rings is 1. The zero-order valence-electron chi connectivity index (χ0n) is 18.9. The highest BCUT2D eigenvalue weighted by Gasteiger charge is 2.34. The topological polar surface area (TPSA) is 69.5 Å². The van der Waals surface area contributed by atoms with Gasteiger partial charge in [-0.05, 0) is 49.4 Å². The van der Waals surface area contributed by atoms with Crippen molar-refractivity contribution < 1.29 is 14.3 Å². The molecular weight excluding hydrogens is 436 g/mol. The van der Waals surface area contributed by atoms with Gasteiger partial charge in [0, 0.05) is 24.7 Å². The van der Waals surface area contributed by atoms with Crippen LogP contribution < -0.4 is 9.47 Å². The number of carbonyl (C=O) groups is 1. The van der Waals surface area contributed by atoms with Gasteiger partial charge in [0.2, 0.25) is 0 Å². The fraction of sp³-hybridized carbons (Fsp3) is 0.320. The third-order valence-corrected chi connectivity index (χ3v) is 7.12. The van der Waals surface area contributed by atoms with Gasteiger partial charge in [0.1, 0.15) is 11.5 Å². The Bertz CT molecular complexity index is 1300. The molecule has 0 spiro atoms. The smallest absolute Gasteiger partial charge is 0.255 e. The second-order valence-electron chi connectivity index (χ2n) is 7.99. The van der Waals surface area contributed by atoms with Gasteiger partial charge in [-0.15, -0.1) is 11.3 Å². The van der Waals surface area contributed by atoms with Crippen LogP contribution in [0.25, 0.3) is 21.6 Å². The molecule has 4 heterocycles. The van der Waals surface area contributed by atoms with Crippen LogP contribution in [-0.4, -0.2) is 46.3 Å². The minimum atomic E-state index is -0.0621. The molecule has 0 bridgehead atoms. The summed E-state index contributed by atoms with van der Waals surface area (Å²) in [6.45, 7) is 3.41. The fourth-order valence-corrected chi connectivity index (χ4v) is 5.27. The Morgan fingerprint density at radius 1 is 1.21 bits per heavy atom. The number of hydrogen-bond donors (Lipinski definition) is 0. The summed E-state index contributed by atoms with van der Waals surface area (Å²) >= 11 is 1.61. The van der Waals surface area contributed by atoms with Gasteiger partial charge in [-0.25, -0.2) is 9.67 Å². The lowest BCUT2D eigenvalue weighted by Gasteiger charge is -2.27. The molecule has 0 saturated carbocycles. The molecule has 1 aliphatic rings. The van der Waals surface area contributed by atoms with E-state index in [4.69, 9.17) is 14.5 Å². The number of likely N-dealkylation sites (tertiary alicyclic amines) is 1. The van der Waals surface area contributed by atoms with E-state index >= 15 is 0 Å². The molecule has 8 heteroatoms. The van der Waals surface area contributed by atoms with Crippen molar-refractivity contribution in [2.75, 3.05) is 20.8 Å². The monoisotopic (exact) mass is 462 g/mol. The van der Waals surface area contributed by atoms with Gasteiger partial charge < -0.3 is 14.4 Å². The van der Waals surface area contributed by atoms with E-state index in [0.29, 0.717) is 18.7 Å². The molecule has 0 N–H and O–H groups in total. The zero-order valence-corrected chi connectivity index (χ0v) is 19.8. The molecule has 7 nitrogen and oxygen atoms in total. The van der Waals surface area contributed by atoms with Crippen LogP contribution in [0, 0.1) is 0 Å². The van der Waals surface area contributed by atoms with Crippen molar-refractivity contribution in [3.8, 4) is 22.1 Å². The highest BCUT2D eigenvalue weighted by molar-refractivity contribution is 7.13. The number of rotatable bonds is 6. The summed E-state index contributed by atoms with van der Waals surface area (Å²) < 4.78 is 12.8. The first kappa shape index (κ1) is 21.5. The summed E-state index contributed by atoms with van der Waals surface area (Å²) in [5, 5.41) is 7.29. The second-order valence-corrected chi connectivity index (χ2v) is 8.94. The Labute approximate surface area is 196 Å². The normalized spacial score (nSPS) is 15.8. The number of benzene rings is 1. The molecule has 1 aromatic carbocycles. The van der Waals surface area contributed by atoms with E-state index in [9.17, 15) is 4.79 Å². The number of fused-ring (bicyclic) bond motifs is 1. The van der Waals surface area contributed by atoms with Crippen LogP contribution in [0.2, 0.25) is 0 Å². The lowest BCUT2D eigenvalue weighted by atomic mass is 10.0. The van der Waals surface area contributed by atoms with Gasteiger partial charge in [0.05, 0.1) is 48.0 Å². The average Bonchev–Trinajstić information content (AvgIpc) is 3.62. The molecule has 0 radical (unpaired) electrons. The van der Waals surface area contributed by atoms with Crippen molar-refractivity contribution in [3.63, 3.8) is 0 Å².